The van der Waals surface area contributed by atoms with Crippen molar-refractivity contribution in [3.8, 4) is 0 Å². The largest absolute Gasteiger partial charge is 0.459 e. The van der Waals surface area contributed by atoms with E-state index in [0.717, 1.165) is 0 Å². The molecule has 0 saturated carbocycles. The standard InChI is InChI=1S/C24H34O6Si2/c1-31(2,3)29-21(17-27-23(25)19-13-9-7-10-14-19)22(30-32(4,5)6)18-28-24(26)20-15-11-8-12-16-20/h7-16,21-22H,17-18H2,1-6H3. The summed E-state index contributed by atoms with van der Waals surface area (Å²) in [5, 5.41) is 0. The first-order valence-electron chi connectivity index (χ1n) is 10.7. The second-order valence-electron chi connectivity index (χ2n) is 9.47. The Morgan fingerprint density at radius 1 is 0.625 bits per heavy atom. The van der Waals surface area contributed by atoms with Crippen molar-refractivity contribution in [1.82, 2.24) is 0 Å². The molecule has 2 aromatic carbocycles. The molecule has 2 rings (SSSR count). The maximum Gasteiger partial charge on any atom is 0.338 e. The molecule has 0 saturated heterocycles. The molecule has 0 aliphatic carbocycles. The Kier molecular flexibility index (Phi) is 9.38. The van der Waals surface area contributed by atoms with Crippen LogP contribution in [0.1, 0.15) is 20.7 Å². The van der Waals surface area contributed by atoms with Crippen molar-refractivity contribution < 1.29 is 27.9 Å². The zero-order valence-electron chi connectivity index (χ0n) is 19.8. The SMILES string of the molecule is C[Si](C)(C)OC(COC(=O)c1ccccc1)C(COC(=O)c1ccccc1)O[Si](C)(C)C. The summed E-state index contributed by atoms with van der Waals surface area (Å²) in [6.07, 6.45) is -1.10. The maximum absolute atomic E-state index is 12.5. The van der Waals surface area contributed by atoms with Gasteiger partial charge >= 0.3 is 11.9 Å². The second kappa shape index (κ2) is 11.6. The van der Waals surface area contributed by atoms with Crippen molar-refractivity contribution >= 4 is 28.6 Å². The minimum Gasteiger partial charge on any atom is -0.459 e. The average molecular weight is 475 g/mol. The first kappa shape index (κ1) is 26.0. The molecule has 32 heavy (non-hydrogen) atoms. The molecule has 0 aromatic heterocycles. The topological polar surface area (TPSA) is 71.1 Å². The van der Waals surface area contributed by atoms with Crippen LogP contribution in [-0.2, 0) is 18.3 Å². The number of carbonyl (C=O) groups is 2. The Hall–Kier alpha value is -2.27. The summed E-state index contributed by atoms with van der Waals surface area (Å²) in [5.74, 6) is -0.856. The fraction of sp³-hybridized carbons (Fsp3) is 0.417. The minimum atomic E-state index is -2.03. The van der Waals surface area contributed by atoms with Gasteiger partial charge < -0.3 is 18.3 Å². The molecular formula is C24H34O6Si2. The molecular weight excluding hydrogens is 440 g/mol. The lowest BCUT2D eigenvalue weighted by molar-refractivity contribution is -0.0381. The van der Waals surface area contributed by atoms with E-state index in [1.807, 2.05) is 12.1 Å². The van der Waals surface area contributed by atoms with Crippen LogP contribution in [0.2, 0.25) is 39.3 Å². The van der Waals surface area contributed by atoms with Crippen LogP contribution in [0.3, 0.4) is 0 Å². The Morgan fingerprint density at radius 3 is 1.22 bits per heavy atom. The Morgan fingerprint density at radius 2 is 0.938 bits per heavy atom. The highest BCUT2D eigenvalue weighted by Crippen LogP contribution is 2.19. The van der Waals surface area contributed by atoms with E-state index in [-0.39, 0.29) is 13.2 Å². The third kappa shape index (κ3) is 9.48. The predicted octanol–water partition coefficient (Wildman–Crippen LogP) is 5.14. The number of esters is 2. The normalized spacial score (nSPS) is 13.8. The Balaban J connectivity index is 2.16. The van der Waals surface area contributed by atoms with Gasteiger partial charge in [0.05, 0.1) is 11.1 Å². The summed E-state index contributed by atoms with van der Waals surface area (Å²) in [4.78, 5) is 25.0. The lowest BCUT2D eigenvalue weighted by atomic mass is 10.2. The van der Waals surface area contributed by atoms with Gasteiger partial charge in [-0.05, 0) is 63.5 Å². The molecule has 0 aliphatic rings. The molecule has 0 aliphatic heterocycles. The van der Waals surface area contributed by atoms with E-state index < -0.39 is 40.8 Å². The van der Waals surface area contributed by atoms with Gasteiger partial charge in [0, 0.05) is 0 Å². The molecule has 0 heterocycles. The molecule has 2 atom stereocenters. The zero-order valence-corrected chi connectivity index (χ0v) is 21.8. The lowest BCUT2D eigenvalue weighted by Crippen LogP contribution is -2.49. The maximum atomic E-state index is 12.5. The molecule has 8 heteroatoms. The molecule has 0 amide bonds. The fourth-order valence-electron chi connectivity index (χ4n) is 2.97. The molecule has 0 fully saturated rings. The van der Waals surface area contributed by atoms with Crippen molar-refractivity contribution in [3.63, 3.8) is 0 Å². The Labute approximate surface area is 193 Å². The van der Waals surface area contributed by atoms with Gasteiger partial charge in [0.25, 0.3) is 0 Å². The molecule has 0 bridgehead atoms. The predicted molar refractivity (Wildman–Crippen MR) is 130 cm³/mol. The number of hydrogen-bond acceptors (Lipinski definition) is 6. The molecule has 174 valence electrons. The van der Waals surface area contributed by atoms with E-state index in [4.69, 9.17) is 18.3 Å². The van der Waals surface area contributed by atoms with Crippen molar-refractivity contribution in [1.29, 1.82) is 0 Å². The van der Waals surface area contributed by atoms with E-state index in [2.05, 4.69) is 39.3 Å². The second-order valence-corrected chi connectivity index (χ2v) is 18.4. The summed E-state index contributed by atoms with van der Waals surface area (Å²) in [7, 11) is -4.05. The molecule has 0 radical (unpaired) electrons. The third-order valence-electron chi connectivity index (χ3n) is 4.20. The van der Waals surface area contributed by atoms with E-state index in [1.54, 1.807) is 48.5 Å². The van der Waals surface area contributed by atoms with Crippen LogP contribution in [0.4, 0.5) is 0 Å². The van der Waals surface area contributed by atoms with Crippen LogP contribution in [0.5, 0.6) is 0 Å². The van der Waals surface area contributed by atoms with Crippen LogP contribution in [-0.4, -0.2) is 54.0 Å². The van der Waals surface area contributed by atoms with Crippen LogP contribution < -0.4 is 0 Å². The van der Waals surface area contributed by atoms with Gasteiger partial charge in [0.2, 0.25) is 0 Å². The summed E-state index contributed by atoms with van der Waals surface area (Å²) in [6, 6.07) is 17.6. The van der Waals surface area contributed by atoms with Gasteiger partial charge in [0.15, 0.2) is 16.6 Å². The quantitative estimate of drug-likeness (QED) is 0.332. The van der Waals surface area contributed by atoms with Gasteiger partial charge in [-0.1, -0.05) is 36.4 Å². The van der Waals surface area contributed by atoms with Crippen molar-refractivity contribution in [2.24, 2.45) is 0 Å². The monoisotopic (exact) mass is 474 g/mol. The van der Waals surface area contributed by atoms with E-state index >= 15 is 0 Å². The molecule has 0 spiro atoms. The molecule has 2 aromatic rings. The highest BCUT2D eigenvalue weighted by molar-refractivity contribution is 6.70. The summed E-state index contributed by atoms with van der Waals surface area (Å²) < 4.78 is 23.8. The van der Waals surface area contributed by atoms with Gasteiger partial charge in [-0.25, -0.2) is 9.59 Å². The van der Waals surface area contributed by atoms with Crippen LogP contribution in [0, 0.1) is 0 Å². The van der Waals surface area contributed by atoms with Crippen LogP contribution in [0.25, 0.3) is 0 Å². The van der Waals surface area contributed by atoms with Crippen molar-refractivity contribution in [3.05, 3.63) is 71.8 Å². The van der Waals surface area contributed by atoms with Gasteiger partial charge in [0.1, 0.15) is 25.4 Å². The van der Waals surface area contributed by atoms with Gasteiger partial charge in [-0.3, -0.25) is 0 Å². The number of hydrogen-bond donors (Lipinski definition) is 0. The van der Waals surface area contributed by atoms with E-state index in [0.29, 0.717) is 11.1 Å². The van der Waals surface area contributed by atoms with Gasteiger partial charge in [-0.2, -0.15) is 0 Å². The molecule has 6 nitrogen and oxygen atoms in total. The van der Waals surface area contributed by atoms with E-state index in [9.17, 15) is 9.59 Å². The average Bonchev–Trinajstić information content (AvgIpc) is 2.73. The highest BCUT2D eigenvalue weighted by atomic mass is 28.4. The summed E-state index contributed by atoms with van der Waals surface area (Å²) >= 11 is 0. The third-order valence-corrected chi connectivity index (χ3v) is 6.22. The van der Waals surface area contributed by atoms with Crippen LogP contribution >= 0.6 is 0 Å². The van der Waals surface area contributed by atoms with Crippen molar-refractivity contribution in [2.45, 2.75) is 51.5 Å². The Bertz CT molecular complexity index is 786. The summed E-state index contributed by atoms with van der Waals surface area (Å²) in [5.41, 5.74) is 0.940. The minimum absolute atomic E-state index is 0.00995. The smallest absolute Gasteiger partial charge is 0.338 e. The van der Waals surface area contributed by atoms with Crippen LogP contribution in [0.15, 0.2) is 60.7 Å². The van der Waals surface area contributed by atoms with E-state index in [1.165, 1.54) is 0 Å². The zero-order chi connectivity index (χ0) is 23.8. The first-order chi connectivity index (χ1) is 14.9. The molecule has 0 N–H and O–H groups in total. The molecule has 2 unspecified atom stereocenters. The fourth-order valence-corrected chi connectivity index (χ4v) is 5.23. The number of benzene rings is 2. The summed E-state index contributed by atoms with van der Waals surface area (Å²) in [6.45, 7) is 12.4. The van der Waals surface area contributed by atoms with Crippen molar-refractivity contribution in [2.75, 3.05) is 13.2 Å². The first-order valence-corrected chi connectivity index (χ1v) is 17.6. The lowest BCUT2D eigenvalue weighted by Gasteiger charge is -2.35. The number of carbonyl (C=O) groups excluding carboxylic acids is 2. The number of ether oxygens (including phenoxy) is 2. The van der Waals surface area contributed by atoms with Gasteiger partial charge in [-0.15, -0.1) is 0 Å². The number of rotatable bonds is 11. The highest BCUT2D eigenvalue weighted by Gasteiger charge is 2.34.